The van der Waals surface area contributed by atoms with Crippen molar-refractivity contribution in [2.75, 3.05) is 16.8 Å². The van der Waals surface area contributed by atoms with Crippen molar-refractivity contribution in [1.29, 1.82) is 0 Å². The molecular weight excluding hydrogens is 226 g/mol. The number of hydrogen-bond acceptors (Lipinski definition) is 4. The summed E-state index contributed by atoms with van der Waals surface area (Å²) in [7, 11) is -2.82. The van der Waals surface area contributed by atoms with E-state index < -0.39 is 9.84 Å². The summed E-state index contributed by atoms with van der Waals surface area (Å²) in [6, 6.07) is 0.0167. The van der Waals surface area contributed by atoms with E-state index in [0.717, 1.165) is 18.9 Å². The molecular formula is C10H17N3O2S. The maximum absolute atomic E-state index is 11.3. The van der Waals surface area contributed by atoms with Crippen molar-refractivity contribution in [3.63, 3.8) is 0 Å². The van der Waals surface area contributed by atoms with Crippen LogP contribution in [0, 0.1) is 0 Å². The fourth-order valence-electron chi connectivity index (χ4n) is 1.96. The number of hydrogen-bond donors (Lipinski definition) is 1. The van der Waals surface area contributed by atoms with Gasteiger partial charge in [-0.05, 0) is 12.8 Å². The van der Waals surface area contributed by atoms with Gasteiger partial charge in [0.05, 0.1) is 11.5 Å². The molecule has 1 aromatic rings. The van der Waals surface area contributed by atoms with Crippen molar-refractivity contribution in [3.8, 4) is 0 Å². The molecule has 1 aromatic heterocycles. The lowest BCUT2D eigenvalue weighted by Crippen LogP contribution is -2.22. The molecule has 1 saturated heterocycles. The van der Waals surface area contributed by atoms with Gasteiger partial charge >= 0.3 is 0 Å². The number of sulfone groups is 1. The number of nitrogens with one attached hydrogen (secondary N) is 1. The second-order valence-electron chi connectivity index (χ2n) is 4.19. The Morgan fingerprint density at radius 3 is 3.06 bits per heavy atom. The van der Waals surface area contributed by atoms with E-state index in [1.165, 1.54) is 0 Å². The monoisotopic (exact) mass is 243 g/mol. The summed E-state index contributed by atoms with van der Waals surface area (Å²) in [5, 5.41) is 3.20. The molecule has 0 aromatic carbocycles. The van der Waals surface area contributed by atoms with Crippen LogP contribution in [0.3, 0.4) is 0 Å². The summed E-state index contributed by atoms with van der Waals surface area (Å²) in [6.45, 7) is 3.01. The van der Waals surface area contributed by atoms with Gasteiger partial charge in [0.25, 0.3) is 0 Å². The molecule has 5 nitrogen and oxygen atoms in total. The smallest absolute Gasteiger partial charge is 0.203 e. The van der Waals surface area contributed by atoms with Gasteiger partial charge in [0.2, 0.25) is 5.95 Å². The summed E-state index contributed by atoms with van der Waals surface area (Å²) >= 11 is 0. The molecule has 1 aliphatic heterocycles. The van der Waals surface area contributed by atoms with Gasteiger partial charge in [-0.15, -0.1) is 0 Å². The Morgan fingerprint density at radius 1 is 1.62 bits per heavy atom. The van der Waals surface area contributed by atoms with Crippen molar-refractivity contribution < 1.29 is 8.42 Å². The molecule has 0 saturated carbocycles. The van der Waals surface area contributed by atoms with Crippen LogP contribution in [-0.4, -0.2) is 35.5 Å². The number of aromatic nitrogens is 2. The van der Waals surface area contributed by atoms with Crippen LogP contribution in [0.1, 0.15) is 19.8 Å². The van der Waals surface area contributed by atoms with Gasteiger partial charge in [0.15, 0.2) is 9.84 Å². The van der Waals surface area contributed by atoms with Crippen LogP contribution in [0.2, 0.25) is 0 Å². The highest BCUT2D eigenvalue weighted by Gasteiger charge is 2.28. The fourth-order valence-corrected chi connectivity index (χ4v) is 3.64. The minimum atomic E-state index is -2.82. The summed E-state index contributed by atoms with van der Waals surface area (Å²) in [6.07, 6.45) is 5.37. The highest BCUT2D eigenvalue weighted by Crippen LogP contribution is 2.16. The molecule has 2 rings (SSSR count). The van der Waals surface area contributed by atoms with E-state index in [-0.39, 0.29) is 11.8 Å². The highest BCUT2D eigenvalue weighted by atomic mass is 32.2. The van der Waals surface area contributed by atoms with Crippen LogP contribution in [0.25, 0.3) is 0 Å². The second-order valence-corrected chi connectivity index (χ2v) is 6.42. The molecule has 0 amide bonds. The third-order valence-corrected chi connectivity index (χ3v) is 4.51. The predicted octanol–water partition coefficient (Wildman–Crippen LogP) is 0.892. The van der Waals surface area contributed by atoms with Gasteiger partial charge in [0, 0.05) is 25.0 Å². The molecule has 1 aliphatic rings. The molecule has 0 radical (unpaired) electrons. The molecule has 0 spiro atoms. The molecule has 1 atom stereocenters. The second kappa shape index (κ2) is 4.45. The van der Waals surface area contributed by atoms with Gasteiger partial charge in [-0.3, -0.25) is 0 Å². The standard InChI is InChI=1S/C10H17N3O2S/c1-2-5-13-6-4-11-10(13)12-9-3-7-16(14,15)8-9/h4,6,9H,2-3,5,7-8H2,1H3,(H,11,12). The van der Waals surface area contributed by atoms with Gasteiger partial charge in [0.1, 0.15) is 0 Å². The summed E-state index contributed by atoms with van der Waals surface area (Å²) in [5.74, 6) is 1.30. The quantitative estimate of drug-likeness (QED) is 0.853. The maximum atomic E-state index is 11.3. The van der Waals surface area contributed by atoms with E-state index in [0.29, 0.717) is 12.2 Å². The van der Waals surface area contributed by atoms with Crippen molar-refractivity contribution in [2.45, 2.75) is 32.4 Å². The third kappa shape index (κ3) is 2.55. The van der Waals surface area contributed by atoms with Crippen LogP contribution in [0.5, 0.6) is 0 Å². The molecule has 1 unspecified atom stereocenters. The zero-order valence-corrected chi connectivity index (χ0v) is 10.2. The van der Waals surface area contributed by atoms with E-state index >= 15 is 0 Å². The Morgan fingerprint density at radius 2 is 2.44 bits per heavy atom. The van der Waals surface area contributed by atoms with Gasteiger partial charge in [-0.25, -0.2) is 13.4 Å². The Kier molecular flexibility index (Phi) is 3.18. The van der Waals surface area contributed by atoms with Crippen LogP contribution in [-0.2, 0) is 16.4 Å². The zero-order valence-electron chi connectivity index (χ0n) is 9.39. The molecule has 16 heavy (non-hydrogen) atoms. The number of rotatable bonds is 4. The molecule has 0 bridgehead atoms. The molecule has 1 fully saturated rings. The first-order valence-corrected chi connectivity index (χ1v) is 7.41. The van der Waals surface area contributed by atoms with Gasteiger partial charge in [-0.1, -0.05) is 6.92 Å². The maximum Gasteiger partial charge on any atom is 0.203 e. The van der Waals surface area contributed by atoms with E-state index in [1.807, 2.05) is 10.8 Å². The van der Waals surface area contributed by atoms with Gasteiger partial charge in [-0.2, -0.15) is 0 Å². The molecule has 0 aliphatic carbocycles. The van der Waals surface area contributed by atoms with Crippen molar-refractivity contribution in [3.05, 3.63) is 12.4 Å². The van der Waals surface area contributed by atoms with E-state index in [1.54, 1.807) is 6.20 Å². The number of aryl methyl sites for hydroxylation is 1. The van der Waals surface area contributed by atoms with E-state index in [2.05, 4.69) is 17.2 Å². The lowest BCUT2D eigenvalue weighted by Gasteiger charge is -2.13. The first-order chi connectivity index (χ1) is 7.61. The van der Waals surface area contributed by atoms with Crippen LogP contribution >= 0.6 is 0 Å². The van der Waals surface area contributed by atoms with Crippen molar-refractivity contribution in [2.24, 2.45) is 0 Å². The Hall–Kier alpha value is -1.04. The molecule has 6 heteroatoms. The molecule has 90 valence electrons. The Labute approximate surface area is 95.8 Å². The minimum absolute atomic E-state index is 0.0167. The van der Waals surface area contributed by atoms with Crippen molar-refractivity contribution >= 4 is 15.8 Å². The van der Waals surface area contributed by atoms with Crippen LogP contribution in [0.4, 0.5) is 5.95 Å². The number of nitrogens with zero attached hydrogens (tertiary/aromatic N) is 2. The lowest BCUT2D eigenvalue weighted by atomic mass is 10.3. The normalized spacial score (nSPS) is 23.4. The van der Waals surface area contributed by atoms with Crippen molar-refractivity contribution in [1.82, 2.24) is 9.55 Å². The minimum Gasteiger partial charge on any atom is -0.352 e. The van der Waals surface area contributed by atoms with Crippen LogP contribution < -0.4 is 5.32 Å². The number of imidazole rings is 1. The average molecular weight is 243 g/mol. The third-order valence-electron chi connectivity index (χ3n) is 2.75. The largest absolute Gasteiger partial charge is 0.352 e. The fraction of sp³-hybridized carbons (Fsp3) is 0.700. The van der Waals surface area contributed by atoms with Crippen LogP contribution in [0.15, 0.2) is 12.4 Å². The topological polar surface area (TPSA) is 64.0 Å². The summed E-state index contributed by atoms with van der Waals surface area (Å²) < 4.78 is 24.6. The first kappa shape index (κ1) is 11.4. The first-order valence-electron chi connectivity index (χ1n) is 5.59. The highest BCUT2D eigenvalue weighted by molar-refractivity contribution is 7.91. The van der Waals surface area contributed by atoms with Gasteiger partial charge < -0.3 is 9.88 Å². The zero-order chi connectivity index (χ0) is 11.6. The number of anilines is 1. The van der Waals surface area contributed by atoms with E-state index in [9.17, 15) is 8.42 Å². The summed E-state index contributed by atoms with van der Waals surface area (Å²) in [5.41, 5.74) is 0. The SMILES string of the molecule is CCCn1ccnc1NC1CCS(=O)(=O)C1. The Balaban J connectivity index is 2.02. The van der Waals surface area contributed by atoms with E-state index in [4.69, 9.17) is 0 Å². The summed E-state index contributed by atoms with van der Waals surface area (Å²) in [4.78, 5) is 4.20. The lowest BCUT2D eigenvalue weighted by molar-refractivity contribution is 0.601. The molecule has 2 heterocycles. The predicted molar refractivity (Wildman–Crippen MR) is 63.2 cm³/mol. The molecule has 1 N–H and O–H groups in total. The Bertz CT molecular complexity index is 452. The average Bonchev–Trinajstić information content (AvgIpc) is 2.76.